The Kier molecular flexibility index (Phi) is 5.19. The number of rotatable bonds is 5. The first-order valence-corrected chi connectivity index (χ1v) is 6.06. The summed E-state index contributed by atoms with van der Waals surface area (Å²) < 4.78 is 0. The summed E-state index contributed by atoms with van der Waals surface area (Å²) in [6.45, 7) is 4.01. The van der Waals surface area contributed by atoms with Crippen LogP contribution >= 0.6 is 27.5 Å². The van der Waals surface area contributed by atoms with Crippen LogP contribution in [0.5, 0.6) is 0 Å². The molecule has 0 saturated carbocycles. The number of nitrogens with zero attached hydrogens (tertiary/aromatic N) is 3. The molecule has 0 bridgehead atoms. The standard InChI is InChI=1S/C9H13BrClN3/c1-2-4-14(5-3-10)9-12-6-8(11)7-13-9/h6-7H,2-5H2,1H3. The van der Waals surface area contributed by atoms with Crippen LogP contribution in [0.3, 0.4) is 0 Å². The molecule has 14 heavy (non-hydrogen) atoms. The van der Waals surface area contributed by atoms with Crippen LogP contribution < -0.4 is 4.90 Å². The van der Waals surface area contributed by atoms with E-state index in [1.54, 1.807) is 12.4 Å². The van der Waals surface area contributed by atoms with Crippen molar-refractivity contribution >= 4 is 33.5 Å². The molecule has 0 aliphatic heterocycles. The van der Waals surface area contributed by atoms with Crippen LogP contribution in [0.25, 0.3) is 0 Å². The first kappa shape index (κ1) is 11.7. The Morgan fingerprint density at radius 1 is 1.36 bits per heavy atom. The van der Waals surface area contributed by atoms with Gasteiger partial charge in [-0.2, -0.15) is 0 Å². The summed E-state index contributed by atoms with van der Waals surface area (Å²) in [6.07, 6.45) is 4.33. The summed E-state index contributed by atoms with van der Waals surface area (Å²) >= 11 is 9.13. The molecule has 0 aromatic carbocycles. The van der Waals surface area contributed by atoms with Gasteiger partial charge in [-0.05, 0) is 6.42 Å². The Bertz CT molecular complexity index is 259. The smallest absolute Gasteiger partial charge is 0.225 e. The van der Waals surface area contributed by atoms with E-state index in [0.717, 1.165) is 30.8 Å². The number of hydrogen-bond donors (Lipinski definition) is 0. The van der Waals surface area contributed by atoms with Crippen LogP contribution in [0.1, 0.15) is 13.3 Å². The van der Waals surface area contributed by atoms with E-state index >= 15 is 0 Å². The molecule has 78 valence electrons. The fraction of sp³-hybridized carbons (Fsp3) is 0.556. The van der Waals surface area contributed by atoms with Crippen LogP contribution in [-0.2, 0) is 0 Å². The Morgan fingerprint density at radius 2 is 2.00 bits per heavy atom. The Balaban J connectivity index is 2.71. The van der Waals surface area contributed by atoms with Crippen LogP contribution in [-0.4, -0.2) is 28.4 Å². The molecule has 0 fully saturated rings. The zero-order chi connectivity index (χ0) is 10.4. The maximum Gasteiger partial charge on any atom is 0.225 e. The van der Waals surface area contributed by atoms with Crippen LogP contribution in [0.2, 0.25) is 5.02 Å². The average Bonchev–Trinajstić information content (AvgIpc) is 2.19. The molecule has 0 aliphatic carbocycles. The molecule has 5 heteroatoms. The minimum atomic E-state index is 0.573. The highest BCUT2D eigenvalue weighted by Gasteiger charge is 2.06. The van der Waals surface area contributed by atoms with Crippen molar-refractivity contribution in [2.45, 2.75) is 13.3 Å². The lowest BCUT2D eigenvalue weighted by Crippen LogP contribution is -2.27. The summed E-state index contributed by atoms with van der Waals surface area (Å²) in [5.74, 6) is 0.746. The molecule has 0 unspecified atom stereocenters. The summed E-state index contributed by atoms with van der Waals surface area (Å²) in [5, 5.41) is 1.49. The lowest BCUT2D eigenvalue weighted by Gasteiger charge is -2.20. The minimum absolute atomic E-state index is 0.573. The van der Waals surface area contributed by atoms with Crippen LogP contribution in [0, 0.1) is 0 Å². The van der Waals surface area contributed by atoms with Gasteiger partial charge in [0.05, 0.1) is 17.4 Å². The van der Waals surface area contributed by atoms with Crippen molar-refractivity contribution in [3.8, 4) is 0 Å². The first-order chi connectivity index (χ1) is 6.77. The van der Waals surface area contributed by atoms with Crippen molar-refractivity contribution in [2.75, 3.05) is 23.3 Å². The van der Waals surface area contributed by atoms with Crippen molar-refractivity contribution in [2.24, 2.45) is 0 Å². The number of hydrogen-bond acceptors (Lipinski definition) is 3. The SMILES string of the molecule is CCCN(CCBr)c1ncc(Cl)cn1. The van der Waals surface area contributed by atoms with Gasteiger partial charge in [-0.3, -0.25) is 0 Å². The molecule has 1 heterocycles. The molecule has 0 radical (unpaired) electrons. The van der Waals surface area contributed by atoms with Crippen LogP contribution in [0.4, 0.5) is 5.95 Å². The molecule has 1 aromatic heterocycles. The van der Waals surface area contributed by atoms with Gasteiger partial charge in [0.1, 0.15) is 0 Å². The molecule has 0 spiro atoms. The molecule has 1 aromatic rings. The highest BCUT2D eigenvalue weighted by Crippen LogP contribution is 2.10. The number of aromatic nitrogens is 2. The Hall–Kier alpha value is -0.350. The van der Waals surface area contributed by atoms with Crippen molar-refractivity contribution in [3.63, 3.8) is 0 Å². The molecule has 0 atom stereocenters. The van der Waals surface area contributed by atoms with Crippen molar-refractivity contribution in [1.29, 1.82) is 0 Å². The normalized spacial score (nSPS) is 10.2. The van der Waals surface area contributed by atoms with Gasteiger partial charge in [-0.1, -0.05) is 34.5 Å². The molecule has 3 nitrogen and oxygen atoms in total. The maximum absolute atomic E-state index is 5.72. The van der Waals surface area contributed by atoms with Gasteiger partial charge in [-0.25, -0.2) is 9.97 Å². The van der Waals surface area contributed by atoms with Crippen molar-refractivity contribution in [1.82, 2.24) is 9.97 Å². The van der Waals surface area contributed by atoms with E-state index in [1.165, 1.54) is 0 Å². The summed E-state index contributed by atoms with van der Waals surface area (Å²) in [7, 11) is 0. The number of alkyl halides is 1. The van der Waals surface area contributed by atoms with E-state index < -0.39 is 0 Å². The Labute approximate surface area is 97.6 Å². The lowest BCUT2D eigenvalue weighted by molar-refractivity contribution is 0.767. The van der Waals surface area contributed by atoms with Gasteiger partial charge in [0.2, 0.25) is 5.95 Å². The van der Waals surface area contributed by atoms with Crippen LogP contribution in [0.15, 0.2) is 12.4 Å². The topological polar surface area (TPSA) is 29.0 Å². The minimum Gasteiger partial charge on any atom is -0.340 e. The van der Waals surface area contributed by atoms with Gasteiger partial charge in [0.25, 0.3) is 0 Å². The second kappa shape index (κ2) is 6.19. The lowest BCUT2D eigenvalue weighted by atomic mass is 10.4. The number of halogens is 2. The molecule has 0 saturated heterocycles. The summed E-state index contributed by atoms with van der Waals surface area (Å²) in [4.78, 5) is 10.5. The van der Waals surface area contributed by atoms with E-state index in [2.05, 4.69) is 37.7 Å². The fourth-order valence-electron chi connectivity index (χ4n) is 1.15. The van der Waals surface area contributed by atoms with Crippen molar-refractivity contribution < 1.29 is 0 Å². The van der Waals surface area contributed by atoms with E-state index in [9.17, 15) is 0 Å². The molecular weight excluding hydrogens is 265 g/mol. The third-order valence-electron chi connectivity index (χ3n) is 1.74. The molecular formula is C9H13BrClN3. The largest absolute Gasteiger partial charge is 0.340 e. The van der Waals surface area contributed by atoms with E-state index in [0.29, 0.717) is 5.02 Å². The zero-order valence-electron chi connectivity index (χ0n) is 8.08. The zero-order valence-corrected chi connectivity index (χ0v) is 10.4. The van der Waals surface area contributed by atoms with Gasteiger partial charge in [0.15, 0.2) is 0 Å². The summed E-state index contributed by atoms with van der Waals surface area (Å²) in [5.41, 5.74) is 0. The maximum atomic E-state index is 5.72. The monoisotopic (exact) mass is 277 g/mol. The molecule has 1 rings (SSSR count). The van der Waals surface area contributed by atoms with Gasteiger partial charge in [0, 0.05) is 18.4 Å². The highest BCUT2D eigenvalue weighted by atomic mass is 79.9. The third kappa shape index (κ3) is 3.42. The fourth-order valence-corrected chi connectivity index (χ4v) is 1.68. The van der Waals surface area contributed by atoms with E-state index in [4.69, 9.17) is 11.6 Å². The second-order valence-electron chi connectivity index (χ2n) is 2.88. The predicted molar refractivity (Wildman–Crippen MR) is 63.3 cm³/mol. The summed E-state index contributed by atoms with van der Waals surface area (Å²) in [6, 6.07) is 0. The van der Waals surface area contributed by atoms with E-state index in [-0.39, 0.29) is 0 Å². The molecule has 0 aliphatic rings. The molecule has 0 N–H and O–H groups in total. The van der Waals surface area contributed by atoms with E-state index in [1.807, 2.05) is 0 Å². The Morgan fingerprint density at radius 3 is 2.50 bits per heavy atom. The second-order valence-corrected chi connectivity index (χ2v) is 4.11. The van der Waals surface area contributed by atoms with Gasteiger partial charge in [-0.15, -0.1) is 0 Å². The average molecular weight is 279 g/mol. The van der Waals surface area contributed by atoms with Gasteiger partial charge < -0.3 is 4.90 Å². The van der Waals surface area contributed by atoms with Crippen molar-refractivity contribution in [3.05, 3.63) is 17.4 Å². The highest BCUT2D eigenvalue weighted by molar-refractivity contribution is 9.09. The van der Waals surface area contributed by atoms with Gasteiger partial charge >= 0.3 is 0 Å². The molecule has 0 amide bonds. The number of anilines is 1. The quantitative estimate of drug-likeness (QED) is 0.776. The predicted octanol–water partition coefficient (Wildman–Crippen LogP) is 2.74. The first-order valence-electron chi connectivity index (χ1n) is 4.56. The third-order valence-corrected chi connectivity index (χ3v) is 2.29.